The minimum absolute atomic E-state index is 0.292. The second kappa shape index (κ2) is 3.83. The van der Waals surface area contributed by atoms with Gasteiger partial charge in [-0.25, -0.2) is 4.68 Å². The zero-order valence-corrected chi connectivity index (χ0v) is 6.04. The monoisotopic (exact) mass is 172 g/mol. The lowest BCUT2D eigenvalue weighted by atomic mass is 10.4. The summed E-state index contributed by atoms with van der Waals surface area (Å²) < 4.78 is 24.3. The van der Waals surface area contributed by atoms with Crippen molar-refractivity contribution in [3.8, 4) is 11.8 Å². The van der Waals surface area contributed by atoms with Gasteiger partial charge in [-0.1, -0.05) is 11.8 Å². The molecule has 0 unspecified atom stereocenters. The van der Waals surface area contributed by atoms with Gasteiger partial charge in [0, 0.05) is 6.20 Å². The molecule has 0 aliphatic heterocycles. The number of nitrogens with zero attached hydrogens (tertiary/aromatic N) is 2. The number of hydrogen-bond donors (Lipinski definition) is 1. The van der Waals surface area contributed by atoms with Gasteiger partial charge in [0.15, 0.2) is 0 Å². The minimum atomic E-state index is -2.64. The lowest BCUT2D eigenvalue weighted by Gasteiger charge is -1.93. The highest BCUT2D eigenvalue weighted by Crippen LogP contribution is 2.08. The van der Waals surface area contributed by atoms with Crippen molar-refractivity contribution in [1.82, 2.24) is 9.78 Å². The highest BCUT2D eigenvalue weighted by atomic mass is 19.3. The Hall–Kier alpha value is -1.41. The van der Waals surface area contributed by atoms with E-state index in [0.717, 1.165) is 6.20 Å². The van der Waals surface area contributed by atoms with Gasteiger partial charge in [-0.15, -0.1) is 0 Å². The van der Waals surface area contributed by atoms with Gasteiger partial charge in [0.2, 0.25) is 0 Å². The van der Waals surface area contributed by atoms with Crippen molar-refractivity contribution >= 4 is 0 Å². The van der Waals surface area contributed by atoms with Gasteiger partial charge in [0.1, 0.15) is 6.61 Å². The number of rotatable bonds is 1. The molecule has 64 valence electrons. The third kappa shape index (κ3) is 2.04. The Balaban J connectivity index is 2.77. The van der Waals surface area contributed by atoms with Crippen molar-refractivity contribution in [2.75, 3.05) is 6.61 Å². The predicted octanol–water partition coefficient (Wildman–Crippen LogP) is 0.622. The molecule has 0 amide bonds. The zero-order valence-electron chi connectivity index (χ0n) is 6.04. The fraction of sp³-hybridized carbons (Fsp3) is 0.286. The Morgan fingerprint density at radius 2 is 2.42 bits per heavy atom. The average molecular weight is 172 g/mol. The maximum absolute atomic E-state index is 11.9. The SMILES string of the molecule is OCC#Cc1cnn(C(F)F)c1. The molecule has 0 bridgehead atoms. The average Bonchev–Trinajstić information content (AvgIpc) is 2.48. The Labute approximate surface area is 67.6 Å². The van der Waals surface area contributed by atoms with Crippen molar-refractivity contribution in [2.45, 2.75) is 6.55 Å². The molecule has 1 N–H and O–H groups in total. The van der Waals surface area contributed by atoms with Crippen molar-refractivity contribution < 1.29 is 13.9 Å². The van der Waals surface area contributed by atoms with Crippen molar-refractivity contribution in [3.05, 3.63) is 18.0 Å². The third-order valence-electron chi connectivity index (χ3n) is 1.11. The molecule has 0 aliphatic rings. The first-order chi connectivity index (χ1) is 5.74. The van der Waals surface area contributed by atoms with E-state index in [1.807, 2.05) is 0 Å². The number of aromatic nitrogens is 2. The van der Waals surface area contributed by atoms with Crippen LogP contribution in [0.2, 0.25) is 0 Å². The molecule has 1 aromatic rings. The van der Waals surface area contributed by atoms with Gasteiger partial charge in [0.25, 0.3) is 0 Å². The molecule has 0 saturated carbocycles. The van der Waals surface area contributed by atoms with E-state index < -0.39 is 6.55 Å². The molecule has 12 heavy (non-hydrogen) atoms. The quantitative estimate of drug-likeness (QED) is 0.630. The second-order valence-corrected chi connectivity index (χ2v) is 1.95. The maximum atomic E-state index is 11.9. The van der Waals surface area contributed by atoms with E-state index in [1.54, 1.807) is 0 Å². The van der Waals surface area contributed by atoms with Crippen molar-refractivity contribution in [3.63, 3.8) is 0 Å². The Kier molecular flexibility index (Phi) is 2.77. The maximum Gasteiger partial charge on any atom is 0.333 e. The molecule has 0 spiro atoms. The summed E-state index contributed by atoms with van der Waals surface area (Å²) in [5, 5.41) is 11.6. The number of halogens is 2. The molecule has 0 aliphatic carbocycles. The van der Waals surface area contributed by atoms with Gasteiger partial charge < -0.3 is 5.11 Å². The summed E-state index contributed by atoms with van der Waals surface area (Å²) in [4.78, 5) is 0. The van der Waals surface area contributed by atoms with Crippen LogP contribution in [0, 0.1) is 11.8 Å². The van der Waals surface area contributed by atoms with Crippen LogP contribution >= 0.6 is 0 Å². The van der Waals surface area contributed by atoms with Gasteiger partial charge in [-0.2, -0.15) is 13.9 Å². The van der Waals surface area contributed by atoms with E-state index in [4.69, 9.17) is 5.11 Å². The van der Waals surface area contributed by atoms with Crippen molar-refractivity contribution in [2.24, 2.45) is 0 Å². The van der Waals surface area contributed by atoms with Crippen LogP contribution in [0.4, 0.5) is 8.78 Å². The van der Waals surface area contributed by atoms with Gasteiger partial charge >= 0.3 is 6.55 Å². The van der Waals surface area contributed by atoms with Crippen LogP contribution in [-0.4, -0.2) is 21.5 Å². The number of hydrogen-bond acceptors (Lipinski definition) is 2. The molecule has 5 heteroatoms. The Bertz CT molecular complexity index is 311. The zero-order chi connectivity index (χ0) is 8.97. The smallest absolute Gasteiger partial charge is 0.333 e. The van der Waals surface area contributed by atoms with Crippen LogP contribution in [0.15, 0.2) is 12.4 Å². The van der Waals surface area contributed by atoms with Gasteiger partial charge in [0.05, 0.1) is 11.8 Å². The molecule has 1 aromatic heterocycles. The van der Waals surface area contributed by atoms with E-state index in [-0.39, 0.29) is 6.61 Å². The number of aliphatic hydroxyl groups is 1. The van der Waals surface area contributed by atoms with Gasteiger partial charge in [-0.3, -0.25) is 0 Å². The number of alkyl halides is 2. The van der Waals surface area contributed by atoms with E-state index in [1.165, 1.54) is 6.20 Å². The minimum Gasteiger partial charge on any atom is -0.384 e. The molecule has 0 atom stereocenters. The van der Waals surface area contributed by atoms with Crippen LogP contribution in [0.1, 0.15) is 12.1 Å². The highest BCUT2D eigenvalue weighted by Gasteiger charge is 2.05. The molecular weight excluding hydrogens is 166 g/mol. The summed E-state index contributed by atoms with van der Waals surface area (Å²) in [6.07, 6.45) is 2.34. The summed E-state index contributed by atoms with van der Waals surface area (Å²) >= 11 is 0. The third-order valence-corrected chi connectivity index (χ3v) is 1.11. The van der Waals surface area contributed by atoms with Crippen LogP contribution < -0.4 is 0 Å². The topological polar surface area (TPSA) is 38.1 Å². The predicted molar refractivity (Wildman–Crippen MR) is 37.4 cm³/mol. The standard InChI is InChI=1S/C7H6F2N2O/c8-7(9)11-5-6(4-10-11)2-1-3-12/h4-5,7,12H,3H2. The molecule has 0 saturated heterocycles. The first-order valence-corrected chi connectivity index (χ1v) is 3.16. The van der Waals surface area contributed by atoms with E-state index in [9.17, 15) is 8.78 Å². The van der Waals surface area contributed by atoms with E-state index >= 15 is 0 Å². The van der Waals surface area contributed by atoms with Gasteiger partial charge in [-0.05, 0) is 0 Å². The molecular formula is C7H6F2N2O. The molecule has 0 aromatic carbocycles. The van der Waals surface area contributed by atoms with Crippen LogP contribution in [-0.2, 0) is 0 Å². The van der Waals surface area contributed by atoms with Crippen LogP contribution in [0.25, 0.3) is 0 Å². The van der Waals surface area contributed by atoms with Crippen LogP contribution in [0.5, 0.6) is 0 Å². The van der Waals surface area contributed by atoms with E-state index in [2.05, 4.69) is 16.9 Å². The lowest BCUT2D eigenvalue weighted by Crippen LogP contribution is -1.96. The fourth-order valence-electron chi connectivity index (χ4n) is 0.651. The van der Waals surface area contributed by atoms with E-state index in [0.29, 0.717) is 10.2 Å². The Morgan fingerprint density at radius 1 is 1.67 bits per heavy atom. The molecule has 0 radical (unpaired) electrons. The van der Waals surface area contributed by atoms with Crippen molar-refractivity contribution in [1.29, 1.82) is 0 Å². The summed E-state index contributed by atoms with van der Waals surface area (Å²) in [6.45, 7) is -2.94. The molecule has 0 fully saturated rings. The summed E-state index contributed by atoms with van der Waals surface area (Å²) in [5.74, 6) is 4.78. The molecule has 3 nitrogen and oxygen atoms in total. The first kappa shape index (κ1) is 8.68. The largest absolute Gasteiger partial charge is 0.384 e. The summed E-state index contributed by atoms with van der Waals surface area (Å²) in [6, 6.07) is 0. The normalized spacial score (nSPS) is 9.67. The summed E-state index contributed by atoms with van der Waals surface area (Å²) in [5.41, 5.74) is 0.365. The highest BCUT2D eigenvalue weighted by molar-refractivity contribution is 5.29. The second-order valence-electron chi connectivity index (χ2n) is 1.95. The number of aliphatic hydroxyl groups excluding tert-OH is 1. The molecule has 1 rings (SSSR count). The van der Waals surface area contributed by atoms with Crippen LogP contribution in [0.3, 0.4) is 0 Å². The fourth-order valence-corrected chi connectivity index (χ4v) is 0.651. The Morgan fingerprint density at radius 3 is 2.92 bits per heavy atom. The lowest BCUT2D eigenvalue weighted by molar-refractivity contribution is 0.0566. The first-order valence-electron chi connectivity index (χ1n) is 3.16. The molecule has 1 heterocycles. The summed E-state index contributed by atoms with van der Waals surface area (Å²) in [7, 11) is 0.